The number of nitrogens with zero attached hydrogens (tertiary/aromatic N) is 4. The number of amides is 1. The van der Waals surface area contributed by atoms with Crippen molar-refractivity contribution in [3.05, 3.63) is 43.0 Å². The van der Waals surface area contributed by atoms with Crippen LogP contribution in [0.2, 0.25) is 0 Å². The number of ether oxygens (including phenoxy) is 1. The van der Waals surface area contributed by atoms with Crippen LogP contribution in [0.25, 0.3) is 0 Å². The van der Waals surface area contributed by atoms with Crippen LogP contribution in [0.4, 0.5) is 0 Å². The molecule has 0 N–H and O–H groups in total. The van der Waals surface area contributed by atoms with Crippen LogP contribution >= 0.6 is 0 Å². The van der Waals surface area contributed by atoms with Gasteiger partial charge >= 0.3 is 0 Å². The Bertz CT molecular complexity index is 577. The van der Waals surface area contributed by atoms with E-state index in [4.69, 9.17) is 4.74 Å². The average molecular weight is 300 g/mol. The molecule has 22 heavy (non-hydrogen) atoms. The van der Waals surface area contributed by atoms with E-state index in [2.05, 4.69) is 10.1 Å². The lowest BCUT2D eigenvalue weighted by atomic mass is 9.97. The maximum Gasteiger partial charge on any atom is 0.260 e. The summed E-state index contributed by atoms with van der Waals surface area (Å²) in [7, 11) is 0. The maximum atomic E-state index is 12.2. The van der Waals surface area contributed by atoms with Crippen molar-refractivity contribution in [2.45, 2.75) is 19.4 Å². The Morgan fingerprint density at radius 3 is 2.82 bits per heavy atom. The fourth-order valence-electron chi connectivity index (χ4n) is 2.71. The highest BCUT2D eigenvalue weighted by molar-refractivity contribution is 5.77. The van der Waals surface area contributed by atoms with Crippen molar-refractivity contribution in [3.63, 3.8) is 0 Å². The predicted molar refractivity (Wildman–Crippen MR) is 81.3 cm³/mol. The van der Waals surface area contributed by atoms with Crippen LogP contribution in [0.3, 0.4) is 0 Å². The molecule has 6 heteroatoms. The lowest BCUT2D eigenvalue weighted by Crippen LogP contribution is -2.41. The molecular weight excluding hydrogens is 280 g/mol. The lowest BCUT2D eigenvalue weighted by molar-refractivity contribution is -0.134. The van der Waals surface area contributed by atoms with Gasteiger partial charge in [-0.1, -0.05) is 0 Å². The number of hydrogen-bond donors (Lipinski definition) is 0. The normalized spacial score (nSPS) is 15.7. The number of rotatable bonds is 5. The minimum Gasteiger partial charge on any atom is -0.482 e. The van der Waals surface area contributed by atoms with E-state index in [1.54, 1.807) is 30.7 Å². The van der Waals surface area contributed by atoms with E-state index in [0.717, 1.165) is 32.5 Å². The van der Waals surface area contributed by atoms with Gasteiger partial charge in [0.25, 0.3) is 5.91 Å². The number of pyridine rings is 1. The summed E-state index contributed by atoms with van der Waals surface area (Å²) in [6, 6.07) is 5.53. The molecule has 0 spiro atoms. The Morgan fingerprint density at radius 1 is 1.27 bits per heavy atom. The van der Waals surface area contributed by atoms with Gasteiger partial charge in [0, 0.05) is 38.2 Å². The molecule has 6 nitrogen and oxygen atoms in total. The van der Waals surface area contributed by atoms with E-state index in [9.17, 15) is 4.79 Å². The van der Waals surface area contributed by atoms with Gasteiger partial charge in [-0.05, 0) is 37.0 Å². The molecule has 1 aliphatic rings. The van der Waals surface area contributed by atoms with Crippen LogP contribution in [0, 0.1) is 5.92 Å². The van der Waals surface area contributed by atoms with Gasteiger partial charge in [0.2, 0.25) is 0 Å². The van der Waals surface area contributed by atoms with E-state index in [0.29, 0.717) is 11.7 Å². The molecular formula is C16H20N4O2. The van der Waals surface area contributed by atoms with Crippen LogP contribution in [-0.2, 0) is 11.3 Å². The molecule has 0 atom stereocenters. The van der Waals surface area contributed by atoms with Gasteiger partial charge in [0.05, 0.1) is 6.20 Å². The summed E-state index contributed by atoms with van der Waals surface area (Å²) in [5.74, 6) is 1.26. The standard InChI is InChI=1S/C16H20N4O2/c21-16(13-22-15-3-1-6-17-11-15)19-9-4-14(5-10-19)12-20-8-2-7-18-20/h1-3,6-8,11,14H,4-5,9-10,12-13H2. The first-order chi connectivity index (χ1) is 10.8. The zero-order chi connectivity index (χ0) is 15.2. The Hall–Kier alpha value is -2.37. The quantitative estimate of drug-likeness (QED) is 0.841. The molecule has 116 valence electrons. The van der Waals surface area contributed by atoms with Gasteiger partial charge < -0.3 is 9.64 Å². The second kappa shape index (κ2) is 7.06. The summed E-state index contributed by atoms with van der Waals surface area (Å²) in [4.78, 5) is 18.0. The Balaban J connectivity index is 1.42. The largest absolute Gasteiger partial charge is 0.482 e. The molecule has 0 saturated carbocycles. The van der Waals surface area contributed by atoms with Crippen molar-refractivity contribution in [2.75, 3.05) is 19.7 Å². The Morgan fingerprint density at radius 2 is 2.14 bits per heavy atom. The molecule has 3 rings (SSSR count). The summed E-state index contributed by atoms with van der Waals surface area (Å²) < 4.78 is 7.43. The molecule has 1 amide bonds. The molecule has 1 fully saturated rings. The summed E-state index contributed by atoms with van der Waals surface area (Å²) in [6.45, 7) is 2.60. The van der Waals surface area contributed by atoms with Crippen molar-refractivity contribution < 1.29 is 9.53 Å². The zero-order valence-electron chi connectivity index (χ0n) is 12.5. The highest BCUT2D eigenvalue weighted by Gasteiger charge is 2.23. The third-order valence-corrected chi connectivity index (χ3v) is 3.97. The van der Waals surface area contributed by atoms with E-state index in [1.807, 2.05) is 21.8 Å². The fourth-order valence-corrected chi connectivity index (χ4v) is 2.71. The molecule has 1 aliphatic heterocycles. The van der Waals surface area contributed by atoms with Gasteiger partial charge in [-0.15, -0.1) is 0 Å². The summed E-state index contributed by atoms with van der Waals surface area (Å²) in [5, 5.41) is 4.24. The third kappa shape index (κ3) is 3.84. The van der Waals surface area contributed by atoms with E-state index >= 15 is 0 Å². The maximum absolute atomic E-state index is 12.2. The first-order valence-corrected chi connectivity index (χ1v) is 7.59. The van der Waals surface area contributed by atoms with E-state index < -0.39 is 0 Å². The summed E-state index contributed by atoms with van der Waals surface area (Å²) in [5.41, 5.74) is 0. The van der Waals surface area contributed by atoms with Crippen molar-refractivity contribution in [1.29, 1.82) is 0 Å². The topological polar surface area (TPSA) is 60.2 Å². The highest BCUT2D eigenvalue weighted by atomic mass is 16.5. The summed E-state index contributed by atoms with van der Waals surface area (Å²) >= 11 is 0. The van der Waals surface area contributed by atoms with Gasteiger partial charge in [-0.25, -0.2) is 0 Å². The molecule has 0 radical (unpaired) electrons. The van der Waals surface area contributed by atoms with Crippen LogP contribution in [0.15, 0.2) is 43.0 Å². The Labute approximate surface area is 129 Å². The molecule has 2 aromatic heterocycles. The van der Waals surface area contributed by atoms with E-state index in [1.165, 1.54) is 0 Å². The van der Waals surface area contributed by atoms with Crippen molar-refractivity contribution >= 4 is 5.91 Å². The molecule has 0 bridgehead atoms. The Kier molecular flexibility index (Phi) is 4.68. The lowest BCUT2D eigenvalue weighted by Gasteiger charge is -2.31. The average Bonchev–Trinajstić information content (AvgIpc) is 3.07. The van der Waals surface area contributed by atoms with E-state index in [-0.39, 0.29) is 12.5 Å². The molecule has 0 aromatic carbocycles. The number of aromatic nitrogens is 3. The molecule has 0 unspecified atom stereocenters. The molecule has 0 aliphatic carbocycles. The first-order valence-electron chi connectivity index (χ1n) is 7.59. The van der Waals surface area contributed by atoms with Gasteiger partial charge in [-0.2, -0.15) is 5.10 Å². The van der Waals surface area contributed by atoms with Crippen molar-refractivity contribution in [1.82, 2.24) is 19.7 Å². The third-order valence-electron chi connectivity index (χ3n) is 3.97. The van der Waals surface area contributed by atoms with Gasteiger partial charge in [-0.3, -0.25) is 14.5 Å². The minimum atomic E-state index is 0.0430. The van der Waals surface area contributed by atoms with Crippen LogP contribution in [-0.4, -0.2) is 45.3 Å². The van der Waals surface area contributed by atoms with Crippen molar-refractivity contribution in [3.8, 4) is 5.75 Å². The smallest absolute Gasteiger partial charge is 0.260 e. The number of hydrogen-bond acceptors (Lipinski definition) is 4. The van der Waals surface area contributed by atoms with Crippen LogP contribution in [0.1, 0.15) is 12.8 Å². The predicted octanol–water partition coefficient (Wildman–Crippen LogP) is 1.60. The molecule has 1 saturated heterocycles. The SMILES string of the molecule is O=C(COc1cccnc1)N1CCC(Cn2cccn2)CC1. The molecule has 2 aromatic rings. The molecule has 3 heterocycles. The number of carbonyl (C=O) groups excluding carboxylic acids is 1. The fraction of sp³-hybridized carbons (Fsp3) is 0.438. The second-order valence-electron chi connectivity index (χ2n) is 5.53. The number of carbonyl (C=O) groups is 1. The van der Waals surface area contributed by atoms with Gasteiger partial charge in [0.15, 0.2) is 6.61 Å². The highest BCUT2D eigenvalue weighted by Crippen LogP contribution is 2.19. The van der Waals surface area contributed by atoms with Gasteiger partial charge in [0.1, 0.15) is 5.75 Å². The number of piperidine rings is 1. The monoisotopic (exact) mass is 300 g/mol. The number of likely N-dealkylation sites (tertiary alicyclic amines) is 1. The summed E-state index contributed by atoms with van der Waals surface area (Å²) in [6.07, 6.45) is 9.10. The zero-order valence-corrected chi connectivity index (χ0v) is 12.5. The van der Waals surface area contributed by atoms with Crippen LogP contribution in [0.5, 0.6) is 5.75 Å². The first kappa shape index (κ1) is 14.6. The minimum absolute atomic E-state index is 0.0430. The van der Waals surface area contributed by atoms with Crippen molar-refractivity contribution in [2.24, 2.45) is 5.92 Å². The second-order valence-corrected chi connectivity index (χ2v) is 5.53. The van der Waals surface area contributed by atoms with Crippen LogP contribution < -0.4 is 4.74 Å².